The van der Waals surface area contributed by atoms with Gasteiger partial charge in [0.2, 0.25) is 0 Å². The van der Waals surface area contributed by atoms with Gasteiger partial charge >= 0.3 is 11.8 Å². The zero-order valence-electron chi connectivity index (χ0n) is 17.6. The Morgan fingerprint density at radius 3 is 2.55 bits per heavy atom. The van der Waals surface area contributed by atoms with Gasteiger partial charge in [-0.3, -0.25) is 9.59 Å². The van der Waals surface area contributed by atoms with Crippen LogP contribution in [0.15, 0.2) is 48.8 Å². The van der Waals surface area contributed by atoms with Gasteiger partial charge in [0.1, 0.15) is 17.7 Å². The highest BCUT2D eigenvalue weighted by Gasteiger charge is 2.25. The Bertz CT molecular complexity index is 1110. The number of benzene rings is 2. The van der Waals surface area contributed by atoms with Gasteiger partial charge in [0.25, 0.3) is 0 Å². The fourth-order valence-electron chi connectivity index (χ4n) is 3.47. The van der Waals surface area contributed by atoms with E-state index in [1.807, 2.05) is 19.9 Å². The zero-order chi connectivity index (χ0) is 22.5. The maximum Gasteiger partial charge on any atom is 0.313 e. The number of rotatable bonds is 6. The van der Waals surface area contributed by atoms with E-state index in [2.05, 4.69) is 15.6 Å². The van der Waals surface area contributed by atoms with Gasteiger partial charge in [-0.2, -0.15) is 0 Å². The minimum atomic E-state index is -0.860. The summed E-state index contributed by atoms with van der Waals surface area (Å²) >= 11 is 6.29. The first kappa shape index (κ1) is 22.5. The van der Waals surface area contributed by atoms with Crippen LogP contribution in [0.2, 0.25) is 5.02 Å². The summed E-state index contributed by atoms with van der Waals surface area (Å²) in [7, 11) is 1.76. The Labute approximate surface area is 185 Å². The maximum absolute atomic E-state index is 13.8. The molecule has 31 heavy (non-hydrogen) atoms. The van der Waals surface area contributed by atoms with Crippen LogP contribution in [0.25, 0.3) is 0 Å². The molecular weight excluding hydrogens is 419 g/mol. The number of aromatic nitrogens is 2. The van der Waals surface area contributed by atoms with E-state index in [9.17, 15) is 14.0 Å². The van der Waals surface area contributed by atoms with Crippen molar-refractivity contribution in [3.63, 3.8) is 0 Å². The molecule has 1 atom stereocenters. The van der Waals surface area contributed by atoms with Crippen molar-refractivity contribution in [2.24, 2.45) is 7.05 Å². The number of nitrogens with zero attached hydrogens (tertiary/aromatic N) is 2. The van der Waals surface area contributed by atoms with Crippen molar-refractivity contribution in [1.29, 1.82) is 0 Å². The first-order chi connectivity index (χ1) is 14.8. The molecule has 6 nitrogen and oxygen atoms in total. The largest absolute Gasteiger partial charge is 0.336 e. The van der Waals surface area contributed by atoms with Crippen molar-refractivity contribution in [3.8, 4) is 0 Å². The molecule has 0 spiro atoms. The number of nitrogens with one attached hydrogen (secondary N) is 2. The summed E-state index contributed by atoms with van der Waals surface area (Å²) in [5, 5.41) is 5.92. The first-order valence-electron chi connectivity index (χ1n) is 10.00. The summed E-state index contributed by atoms with van der Waals surface area (Å²) in [5.41, 5.74) is 2.68. The standard InChI is InChI=1S/C23H24ClFN4O2/c1-4-14-9-10-18(24)17(5-2)19(14)27-22(30)23(31)28-20(21-26-11-12-29(21)3)15-7-6-8-16(25)13-15/h6-13,20H,4-5H2,1-3H3,(H,27,30)(H,28,31). The van der Waals surface area contributed by atoms with Crippen LogP contribution in [0.3, 0.4) is 0 Å². The molecule has 0 saturated carbocycles. The molecule has 2 amide bonds. The lowest BCUT2D eigenvalue weighted by molar-refractivity contribution is -0.136. The number of anilines is 1. The molecule has 0 aliphatic carbocycles. The van der Waals surface area contributed by atoms with Crippen LogP contribution in [0.4, 0.5) is 10.1 Å². The molecule has 0 fully saturated rings. The van der Waals surface area contributed by atoms with Gasteiger partial charge in [0.15, 0.2) is 0 Å². The fourth-order valence-corrected chi connectivity index (χ4v) is 3.76. The Kier molecular flexibility index (Phi) is 7.07. The Hall–Kier alpha value is -3.19. The molecule has 162 valence electrons. The highest BCUT2D eigenvalue weighted by Crippen LogP contribution is 2.29. The van der Waals surface area contributed by atoms with Crippen LogP contribution in [0, 0.1) is 5.82 Å². The lowest BCUT2D eigenvalue weighted by Crippen LogP contribution is -2.39. The van der Waals surface area contributed by atoms with Crippen LogP contribution in [-0.4, -0.2) is 21.4 Å². The number of amides is 2. The summed E-state index contributed by atoms with van der Waals surface area (Å²) < 4.78 is 15.5. The minimum Gasteiger partial charge on any atom is -0.336 e. The monoisotopic (exact) mass is 442 g/mol. The number of aryl methyl sites for hydroxylation is 2. The van der Waals surface area contributed by atoms with E-state index in [0.29, 0.717) is 34.9 Å². The van der Waals surface area contributed by atoms with Crippen molar-refractivity contribution >= 4 is 29.1 Å². The summed E-state index contributed by atoms with van der Waals surface area (Å²) in [6.07, 6.45) is 4.55. The highest BCUT2D eigenvalue weighted by atomic mass is 35.5. The Balaban J connectivity index is 1.89. The average Bonchev–Trinajstić information content (AvgIpc) is 3.17. The second kappa shape index (κ2) is 9.75. The third-order valence-electron chi connectivity index (χ3n) is 5.10. The quantitative estimate of drug-likeness (QED) is 0.562. The molecular formula is C23H24ClFN4O2. The molecule has 2 N–H and O–H groups in total. The van der Waals surface area contributed by atoms with Gasteiger partial charge in [-0.15, -0.1) is 0 Å². The molecule has 1 unspecified atom stereocenters. The molecule has 3 rings (SSSR count). The molecule has 2 aromatic carbocycles. The third-order valence-corrected chi connectivity index (χ3v) is 5.45. The number of halogens is 2. The van der Waals surface area contributed by atoms with E-state index >= 15 is 0 Å². The van der Waals surface area contributed by atoms with Crippen LogP contribution >= 0.6 is 11.6 Å². The predicted octanol–water partition coefficient (Wildman–Crippen LogP) is 4.18. The van der Waals surface area contributed by atoms with Gasteiger partial charge < -0.3 is 15.2 Å². The number of carbonyl (C=O) groups excluding carboxylic acids is 2. The molecule has 1 heterocycles. The van der Waals surface area contributed by atoms with E-state index in [1.54, 1.807) is 42.2 Å². The molecule has 0 aliphatic rings. The molecule has 0 bridgehead atoms. The lowest BCUT2D eigenvalue weighted by Gasteiger charge is -2.20. The van der Waals surface area contributed by atoms with E-state index in [4.69, 9.17) is 11.6 Å². The molecule has 3 aromatic rings. The van der Waals surface area contributed by atoms with E-state index < -0.39 is 23.7 Å². The average molecular weight is 443 g/mol. The van der Waals surface area contributed by atoms with Gasteiger partial charge in [-0.25, -0.2) is 9.37 Å². The summed E-state index contributed by atoms with van der Waals surface area (Å²) in [5.74, 6) is -1.67. The Morgan fingerprint density at radius 2 is 1.94 bits per heavy atom. The van der Waals surface area contributed by atoms with Gasteiger partial charge in [0, 0.05) is 30.2 Å². The van der Waals surface area contributed by atoms with E-state index in [-0.39, 0.29) is 0 Å². The van der Waals surface area contributed by atoms with Gasteiger partial charge in [-0.1, -0.05) is 43.6 Å². The zero-order valence-corrected chi connectivity index (χ0v) is 18.3. The van der Waals surface area contributed by atoms with Crippen molar-refractivity contribution in [2.75, 3.05) is 5.32 Å². The van der Waals surface area contributed by atoms with E-state index in [1.165, 1.54) is 12.1 Å². The first-order valence-corrected chi connectivity index (χ1v) is 10.4. The van der Waals surface area contributed by atoms with Crippen LogP contribution < -0.4 is 10.6 Å². The van der Waals surface area contributed by atoms with Crippen molar-refractivity contribution < 1.29 is 14.0 Å². The number of hydrogen-bond acceptors (Lipinski definition) is 3. The fraction of sp³-hybridized carbons (Fsp3) is 0.261. The van der Waals surface area contributed by atoms with Crippen LogP contribution in [0.1, 0.15) is 42.4 Å². The van der Waals surface area contributed by atoms with Crippen LogP contribution in [-0.2, 0) is 29.5 Å². The number of hydrogen-bond donors (Lipinski definition) is 2. The summed E-state index contributed by atoms with van der Waals surface area (Å²) in [6, 6.07) is 8.64. The minimum absolute atomic E-state index is 0.450. The normalized spacial score (nSPS) is 11.8. The molecule has 0 saturated heterocycles. The van der Waals surface area contributed by atoms with Crippen LogP contribution in [0.5, 0.6) is 0 Å². The number of imidazole rings is 1. The maximum atomic E-state index is 13.8. The van der Waals surface area contributed by atoms with Gasteiger partial charge in [-0.05, 0) is 47.7 Å². The second-order valence-corrected chi connectivity index (χ2v) is 7.49. The van der Waals surface area contributed by atoms with Crippen molar-refractivity contribution in [2.45, 2.75) is 32.7 Å². The van der Waals surface area contributed by atoms with Crippen molar-refractivity contribution in [3.05, 3.63) is 82.1 Å². The SMILES string of the molecule is CCc1ccc(Cl)c(CC)c1NC(=O)C(=O)NC(c1cccc(F)c1)c1nccn1C. The second-order valence-electron chi connectivity index (χ2n) is 7.08. The van der Waals surface area contributed by atoms with Gasteiger partial charge in [0.05, 0.1) is 0 Å². The summed E-state index contributed by atoms with van der Waals surface area (Å²) in [4.78, 5) is 29.9. The molecule has 1 aromatic heterocycles. The topological polar surface area (TPSA) is 76.0 Å². The molecule has 8 heteroatoms. The van der Waals surface area contributed by atoms with Crippen molar-refractivity contribution in [1.82, 2.24) is 14.9 Å². The molecule has 0 radical (unpaired) electrons. The smallest absolute Gasteiger partial charge is 0.313 e. The summed E-state index contributed by atoms with van der Waals surface area (Å²) in [6.45, 7) is 3.89. The predicted molar refractivity (Wildman–Crippen MR) is 118 cm³/mol. The molecule has 0 aliphatic heterocycles. The third kappa shape index (κ3) is 4.94. The van der Waals surface area contributed by atoms with E-state index in [0.717, 1.165) is 11.1 Å². The number of carbonyl (C=O) groups is 2. The highest BCUT2D eigenvalue weighted by molar-refractivity contribution is 6.40. The Morgan fingerprint density at radius 1 is 1.16 bits per heavy atom. The lowest BCUT2D eigenvalue weighted by atomic mass is 10.0.